The Balaban J connectivity index is 1.71. The van der Waals surface area contributed by atoms with Gasteiger partial charge < -0.3 is 19.4 Å². The third-order valence-corrected chi connectivity index (χ3v) is 6.52. The van der Waals surface area contributed by atoms with Crippen molar-refractivity contribution in [1.82, 2.24) is 14.5 Å². The summed E-state index contributed by atoms with van der Waals surface area (Å²) in [5.74, 6) is 1.42. The summed E-state index contributed by atoms with van der Waals surface area (Å²) in [4.78, 5) is 20.2. The highest BCUT2D eigenvalue weighted by atomic mass is 32.2. The van der Waals surface area contributed by atoms with Crippen molar-refractivity contribution < 1.29 is 22.7 Å². The van der Waals surface area contributed by atoms with E-state index in [1.165, 1.54) is 13.0 Å². The maximum Gasteiger partial charge on any atom is 0.222 e. The molecule has 1 aliphatic heterocycles. The van der Waals surface area contributed by atoms with Gasteiger partial charge in [0, 0.05) is 43.4 Å². The number of ether oxygens (including phenoxy) is 2. The summed E-state index contributed by atoms with van der Waals surface area (Å²) < 4.78 is 38.8. The van der Waals surface area contributed by atoms with Crippen LogP contribution < -0.4 is 14.8 Å². The average molecular weight is 442 g/mol. The number of hydrogen-bond donors (Lipinski definition) is 1. The fourth-order valence-electron chi connectivity index (χ4n) is 3.87. The van der Waals surface area contributed by atoms with Gasteiger partial charge in [0.2, 0.25) is 5.91 Å². The van der Waals surface area contributed by atoms with Crippen molar-refractivity contribution >= 4 is 32.5 Å². The van der Waals surface area contributed by atoms with E-state index in [-0.39, 0.29) is 17.0 Å². The summed E-state index contributed by atoms with van der Waals surface area (Å²) in [6.07, 6.45) is 6.70. The van der Waals surface area contributed by atoms with E-state index < -0.39 is 9.84 Å². The lowest BCUT2D eigenvalue weighted by Crippen LogP contribution is -2.31. The molecule has 0 aromatic carbocycles. The van der Waals surface area contributed by atoms with Crippen molar-refractivity contribution in [3.05, 3.63) is 24.5 Å². The van der Waals surface area contributed by atoms with Gasteiger partial charge >= 0.3 is 0 Å². The number of hydrogen-bond acceptors (Lipinski definition) is 7. The number of nitrogens with one attached hydrogen (secondary N) is 1. The molecule has 1 fully saturated rings. The van der Waals surface area contributed by atoms with E-state index in [1.54, 1.807) is 12.3 Å². The first-order valence-electron chi connectivity index (χ1n) is 9.98. The fourth-order valence-corrected chi connectivity index (χ4v) is 4.44. The van der Waals surface area contributed by atoms with Crippen LogP contribution in [-0.2, 0) is 21.7 Å². The normalized spacial score (nSPS) is 18.2. The zero-order valence-electron chi connectivity index (χ0n) is 17.4. The Bertz CT molecular complexity index is 1330. The molecular weight excluding hydrogens is 420 g/mol. The molecule has 0 saturated heterocycles. The Kier molecular flexibility index (Phi) is 4.44. The first kappa shape index (κ1) is 19.8. The summed E-state index contributed by atoms with van der Waals surface area (Å²) in [6, 6.07) is 3.18. The molecule has 31 heavy (non-hydrogen) atoms. The average Bonchev–Trinajstić information content (AvgIpc) is 3.50. The molecule has 0 spiro atoms. The lowest BCUT2D eigenvalue weighted by Gasteiger charge is -2.28. The van der Waals surface area contributed by atoms with Gasteiger partial charge in [0.1, 0.15) is 24.2 Å². The highest BCUT2D eigenvalue weighted by Gasteiger charge is 2.38. The van der Waals surface area contributed by atoms with Crippen LogP contribution in [0, 0.1) is 5.92 Å². The quantitative estimate of drug-likeness (QED) is 0.661. The van der Waals surface area contributed by atoms with Crippen LogP contribution in [0.2, 0.25) is 0 Å². The molecule has 1 unspecified atom stereocenters. The van der Waals surface area contributed by atoms with Crippen LogP contribution >= 0.6 is 0 Å². The summed E-state index contributed by atoms with van der Waals surface area (Å²) >= 11 is 0. The van der Waals surface area contributed by atoms with Gasteiger partial charge in [0.05, 0.1) is 11.7 Å². The Hall–Kier alpha value is -3.14. The standard InChI is InChI=1S/C21H22N4O5S/c1-11(26)23-18-6-13-14(9-25(2)15(13)8-22-18)20-21-16(7-19(24-20)31(3,27)28)30-17(10-29-21)12-4-5-12/h6-9,12,17H,4-5,10H2,1-3H3,(H,22,23,26). The zero-order valence-corrected chi connectivity index (χ0v) is 18.2. The van der Waals surface area contributed by atoms with E-state index in [2.05, 4.69) is 15.3 Å². The first-order chi connectivity index (χ1) is 14.7. The molecule has 9 nitrogen and oxygen atoms in total. The number of aryl methyl sites for hydroxylation is 1. The van der Waals surface area contributed by atoms with Crippen molar-refractivity contribution in [2.24, 2.45) is 13.0 Å². The molecule has 162 valence electrons. The molecule has 1 saturated carbocycles. The number of amides is 1. The predicted molar refractivity (Wildman–Crippen MR) is 114 cm³/mol. The Morgan fingerprint density at radius 2 is 2.06 bits per heavy atom. The van der Waals surface area contributed by atoms with Gasteiger partial charge in [0.25, 0.3) is 0 Å². The summed E-state index contributed by atoms with van der Waals surface area (Å²) in [5, 5.41) is 3.36. The number of fused-ring (bicyclic) bond motifs is 2. The van der Waals surface area contributed by atoms with E-state index in [0.29, 0.717) is 41.1 Å². The van der Waals surface area contributed by atoms with Crippen LogP contribution in [0.15, 0.2) is 29.6 Å². The molecule has 1 amide bonds. The topological polar surface area (TPSA) is 112 Å². The monoisotopic (exact) mass is 442 g/mol. The SMILES string of the molecule is CC(=O)Nc1cc2c(-c3nc(S(C)(=O)=O)cc4c3OCC(C3CC3)O4)cn(C)c2cn1. The second kappa shape index (κ2) is 6.94. The number of aromatic nitrogens is 3. The van der Waals surface area contributed by atoms with Gasteiger partial charge in [-0.3, -0.25) is 4.79 Å². The van der Waals surface area contributed by atoms with Gasteiger partial charge in [0.15, 0.2) is 26.4 Å². The largest absolute Gasteiger partial charge is 0.484 e. The molecule has 0 radical (unpaired) electrons. The van der Waals surface area contributed by atoms with Crippen molar-refractivity contribution in [2.45, 2.75) is 30.9 Å². The lowest BCUT2D eigenvalue weighted by atomic mass is 10.1. The van der Waals surface area contributed by atoms with Gasteiger partial charge in [-0.1, -0.05) is 0 Å². The van der Waals surface area contributed by atoms with E-state index >= 15 is 0 Å². The number of carbonyl (C=O) groups excluding carboxylic acids is 1. The van der Waals surface area contributed by atoms with Crippen LogP contribution in [-0.4, -0.2) is 47.8 Å². The number of anilines is 1. The molecule has 1 N–H and O–H groups in total. The number of pyridine rings is 2. The van der Waals surface area contributed by atoms with Crippen molar-refractivity contribution in [1.29, 1.82) is 0 Å². The van der Waals surface area contributed by atoms with Crippen LogP contribution in [0.1, 0.15) is 19.8 Å². The number of rotatable bonds is 4. The summed E-state index contributed by atoms with van der Waals surface area (Å²) in [6.45, 7) is 1.81. The van der Waals surface area contributed by atoms with E-state index in [4.69, 9.17) is 9.47 Å². The number of nitrogens with zero attached hydrogens (tertiary/aromatic N) is 3. The fraction of sp³-hybridized carbons (Fsp3) is 0.381. The van der Waals surface area contributed by atoms with Gasteiger partial charge in [-0.15, -0.1) is 0 Å². The lowest BCUT2D eigenvalue weighted by molar-refractivity contribution is -0.114. The van der Waals surface area contributed by atoms with Crippen LogP contribution in [0.3, 0.4) is 0 Å². The van der Waals surface area contributed by atoms with Gasteiger partial charge in [-0.25, -0.2) is 18.4 Å². The molecule has 0 bridgehead atoms. The van der Waals surface area contributed by atoms with Crippen LogP contribution in [0.25, 0.3) is 22.2 Å². The predicted octanol–water partition coefficient (Wildman–Crippen LogP) is 2.55. The van der Waals surface area contributed by atoms with E-state index in [9.17, 15) is 13.2 Å². The molecule has 1 atom stereocenters. The van der Waals surface area contributed by atoms with E-state index in [1.807, 2.05) is 17.8 Å². The Morgan fingerprint density at radius 1 is 1.29 bits per heavy atom. The molecule has 3 aromatic heterocycles. The van der Waals surface area contributed by atoms with Crippen molar-refractivity contribution in [3.8, 4) is 22.8 Å². The maximum atomic E-state index is 12.4. The summed E-state index contributed by atoms with van der Waals surface area (Å²) in [7, 11) is -1.72. The zero-order chi connectivity index (χ0) is 21.9. The molecule has 5 rings (SSSR count). The molecule has 10 heteroatoms. The minimum Gasteiger partial charge on any atom is -0.484 e. The van der Waals surface area contributed by atoms with Gasteiger partial charge in [-0.05, 0) is 24.8 Å². The third-order valence-electron chi connectivity index (χ3n) is 5.55. The second-order valence-electron chi connectivity index (χ2n) is 8.13. The minimum atomic E-state index is -3.58. The van der Waals surface area contributed by atoms with Crippen molar-refractivity contribution in [3.63, 3.8) is 0 Å². The third kappa shape index (κ3) is 3.60. The number of carbonyl (C=O) groups is 1. The van der Waals surface area contributed by atoms with Crippen molar-refractivity contribution in [2.75, 3.05) is 18.2 Å². The highest BCUT2D eigenvalue weighted by molar-refractivity contribution is 7.90. The second-order valence-corrected chi connectivity index (χ2v) is 10.1. The Labute approximate surface area is 179 Å². The highest BCUT2D eigenvalue weighted by Crippen LogP contribution is 2.46. The molecular formula is C21H22N4O5S. The number of sulfone groups is 1. The summed E-state index contributed by atoms with van der Waals surface area (Å²) in [5.41, 5.74) is 1.86. The van der Waals surface area contributed by atoms with Crippen LogP contribution in [0.4, 0.5) is 5.82 Å². The maximum absolute atomic E-state index is 12.4. The Morgan fingerprint density at radius 3 is 2.74 bits per heavy atom. The van der Waals surface area contributed by atoms with E-state index in [0.717, 1.165) is 30.0 Å². The smallest absolute Gasteiger partial charge is 0.222 e. The molecule has 2 aliphatic rings. The first-order valence-corrected chi connectivity index (χ1v) is 11.9. The molecule has 1 aliphatic carbocycles. The minimum absolute atomic E-state index is 0.0746. The van der Waals surface area contributed by atoms with Crippen LogP contribution in [0.5, 0.6) is 11.5 Å². The van der Waals surface area contributed by atoms with Gasteiger partial charge in [-0.2, -0.15) is 0 Å². The molecule has 3 aromatic rings. The molecule has 4 heterocycles.